The molecule has 1 aliphatic rings. The molecule has 0 bridgehead atoms. The maximum atomic E-state index is 12.5. The van der Waals surface area contributed by atoms with Gasteiger partial charge in [0.1, 0.15) is 5.75 Å². The second kappa shape index (κ2) is 5.71. The molecule has 0 N–H and O–H groups in total. The molecule has 1 heterocycles. The van der Waals surface area contributed by atoms with Gasteiger partial charge in [-0.15, -0.1) is 0 Å². The van der Waals surface area contributed by atoms with E-state index in [1.807, 2.05) is 24.0 Å². The second-order valence-corrected chi connectivity index (χ2v) is 5.12. The van der Waals surface area contributed by atoms with Crippen LogP contribution in [0.5, 0.6) is 5.75 Å². The van der Waals surface area contributed by atoms with E-state index in [1.54, 1.807) is 13.2 Å². The highest BCUT2D eigenvalue weighted by atomic mass is 79.9. The van der Waals surface area contributed by atoms with Gasteiger partial charge < -0.3 is 14.4 Å². The van der Waals surface area contributed by atoms with Crippen molar-refractivity contribution in [1.82, 2.24) is 4.90 Å². The zero-order valence-electron chi connectivity index (χ0n) is 10.5. The van der Waals surface area contributed by atoms with Gasteiger partial charge in [0.05, 0.1) is 31.9 Å². The van der Waals surface area contributed by atoms with Gasteiger partial charge in [0.15, 0.2) is 0 Å². The molecule has 1 saturated heterocycles. The molecule has 1 aromatic carbocycles. The molecular formula is C13H16BrNO3. The molecule has 0 radical (unpaired) electrons. The molecule has 18 heavy (non-hydrogen) atoms. The van der Waals surface area contributed by atoms with Crippen molar-refractivity contribution in [2.75, 3.05) is 26.9 Å². The molecule has 2 rings (SSSR count). The summed E-state index contributed by atoms with van der Waals surface area (Å²) in [7, 11) is 1.59. The minimum absolute atomic E-state index is 0.0107. The number of amides is 1. The number of hydrogen-bond donors (Lipinski definition) is 0. The molecule has 4 nitrogen and oxygen atoms in total. The summed E-state index contributed by atoms with van der Waals surface area (Å²) in [5, 5.41) is 0. The van der Waals surface area contributed by atoms with Crippen LogP contribution < -0.4 is 4.74 Å². The molecule has 1 unspecified atom stereocenters. The summed E-state index contributed by atoms with van der Waals surface area (Å²) < 4.78 is 11.3. The molecule has 1 aromatic rings. The minimum atomic E-state index is 0.0107. The highest BCUT2D eigenvalue weighted by molar-refractivity contribution is 9.10. The van der Waals surface area contributed by atoms with Gasteiger partial charge in [-0.3, -0.25) is 4.79 Å². The van der Waals surface area contributed by atoms with Crippen molar-refractivity contribution in [3.63, 3.8) is 0 Å². The average molecular weight is 314 g/mol. The first-order valence-electron chi connectivity index (χ1n) is 5.85. The number of carbonyl (C=O) groups excluding carboxylic acids is 1. The maximum Gasteiger partial charge on any atom is 0.255 e. The quantitative estimate of drug-likeness (QED) is 0.841. The molecule has 0 saturated carbocycles. The number of carbonyl (C=O) groups is 1. The fraction of sp³-hybridized carbons (Fsp3) is 0.462. The number of morpholine rings is 1. The first kappa shape index (κ1) is 13.4. The van der Waals surface area contributed by atoms with E-state index in [1.165, 1.54) is 0 Å². The Labute approximate surface area is 115 Å². The summed E-state index contributed by atoms with van der Waals surface area (Å²) in [5.74, 6) is 0.694. The van der Waals surface area contributed by atoms with Gasteiger partial charge in [0.2, 0.25) is 0 Å². The number of nitrogens with zero attached hydrogens (tertiary/aromatic N) is 1. The monoisotopic (exact) mass is 313 g/mol. The van der Waals surface area contributed by atoms with Crippen LogP contribution in [0, 0.1) is 0 Å². The normalized spacial score (nSPS) is 19.7. The van der Waals surface area contributed by atoms with Crippen molar-refractivity contribution in [3.8, 4) is 5.75 Å². The summed E-state index contributed by atoms with van der Waals surface area (Å²) in [5.41, 5.74) is 0.628. The fourth-order valence-corrected chi connectivity index (χ4v) is 2.40. The van der Waals surface area contributed by atoms with E-state index >= 15 is 0 Å². The highest BCUT2D eigenvalue weighted by Crippen LogP contribution is 2.25. The topological polar surface area (TPSA) is 38.8 Å². The van der Waals surface area contributed by atoms with Crippen molar-refractivity contribution in [2.24, 2.45) is 0 Å². The lowest BCUT2D eigenvalue weighted by atomic mass is 10.1. The molecule has 5 heteroatoms. The van der Waals surface area contributed by atoms with Crippen LogP contribution in [0.15, 0.2) is 22.7 Å². The predicted octanol–water partition coefficient (Wildman–Crippen LogP) is 2.32. The molecular weight excluding hydrogens is 298 g/mol. The molecule has 1 atom stereocenters. The van der Waals surface area contributed by atoms with Crippen molar-refractivity contribution in [3.05, 3.63) is 28.2 Å². The van der Waals surface area contributed by atoms with Crippen LogP contribution in [-0.2, 0) is 4.74 Å². The molecule has 1 fully saturated rings. The first-order valence-corrected chi connectivity index (χ1v) is 6.65. The van der Waals surface area contributed by atoms with Gasteiger partial charge in [-0.05, 0) is 41.1 Å². The van der Waals surface area contributed by atoms with Crippen molar-refractivity contribution in [2.45, 2.75) is 13.0 Å². The van der Waals surface area contributed by atoms with Gasteiger partial charge in [-0.1, -0.05) is 0 Å². The van der Waals surface area contributed by atoms with E-state index in [2.05, 4.69) is 15.9 Å². The zero-order valence-corrected chi connectivity index (χ0v) is 12.1. The van der Waals surface area contributed by atoms with Crippen molar-refractivity contribution in [1.29, 1.82) is 0 Å². The molecule has 1 amide bonds. The Morgan fingerprint density at radius 1 is 1.56 bits per heavy atom. The van der Waals surface area contributed by atoms with Gasteiger partial charge in [0.25, 0.3) is 5.91 Å². The number of rotatable bonds is 2. The first-order chi connectivity index (χ1) is 8.63. The Balaban J connectivity index is 2.27. The van der Waals surface area contributed by atoms with E-state index in [4.69, 9.17) is 9.47 Å². The van der Waals surface area contributed by atoms with Crippen LogP contribution in [-0.4, -0.2) is 43.7 Å². The minimum Gasteiger partial charge on any atom is -0.497 e. The predicted molar refractivity (Wildman–Crippen MR) is 72.0 cm³/mol. The third kappa shape index (κ3) is 2.67. The van der Waals surface area contributed by atoms with Gasteiger partial charge in [-0.25, -0.2) is 0 Å². The number of halogens is 1. The third-order valence-corrected chi connectivity index (χ3v) is 3.72. The van der Waals surface area contributed by atoms with Crippen LogP contribution >= 0.6 is 15.9 Å². The Bertz CT molecular complexity index is 450. The van der Waals surface area contributed by atoms with E-state index in [0.717, 1.165) is 4.47 Å². The lowest BCUT2D eigenvalue weighted by Gasteiger charge is -2.33. The third-order valence-electron chi connectivity index (χ3n) is 3.03. The summed E-state index contributed by atoms with van der Waals surface area (Å²) in [6.45, 7) is 3.81. The highest BCUT2D eigenvalue weighted by Gasteiger charge is 2.26. The van der Waals surface area contributed by atoms with Gasteiger partial charge in [0, 0.05) is 11.0 Å². The molecule has 0 spiro atoms. The van der Waals surface area contributed by atoms with Crippen molar-refractivity contribution < 1.29 is 14.3 Å². The maximum absolute atomic E-state index is 12.5. The standard InChI is InChI=1S/C13H16BrNO3/c1-9-8-18-6-5-15(9)13(16)11-7-10(17-2)3-4-12(11)14/h3-4,7,9H,5-6,8H2,1-2H3. The van der Waals surface area contributed by atoms with E-state index in [9.17, 15) is 4.79 Å². The summed E-state index contributed by atoms with van der Waals surface area (Å²) in [4.78, 5) is 14.3. The van der Waals surface area contributed by atoms with E-state index in [-0.39, 0.29) is 11.9 Å². The number of benzene rings is 1. The second-order valence-electron chi connectivity index (χ2n) is 4.27. The number of methoxy groups -OCH3 is 1. The van der Waals surface area contributed by atoms with Crippen molar-refractivity contribution >= 4 is 21.8 Å². The summed E-state index contributed by atoms with van der Waals surface area (Å²) in [6.07, 6.45) is 0. The Kier molecular flexibility index (Phi) is 4.24. The number of hydrogen-bond acceptors (Lipinski definition) is 3. The largest absolute Gasteiger partial charge is 0.497 e. The van der Waals surface area contributed by atoms with Gasteiger partial charge >= 0.3 is 0 Å². The van der Waals surface area contributed by atoms with Crippen LogP contribution in [0.3, 0.4) is 0 Å². The van der Waals surface area contributed by atoms with Crippen LogP contribution in [0.25, 0.3) is 0 Å². The molecule has 98 valence electrons. The molecule has 1 aliphatic heterocycles. The Morgan fingerprint density at radius 2 is 2.33 bits per heavy atom. The number of ether oxygens (including phenoxy) is 2. The van der Waals surface area contributed by atoms with E-state index in [0.29, 0.717) is 31.1 Å². The van der Waals surface area contributed by atoms with E-state index < -0.39 is 0 Å². The smallest absolute Gasteiger partial charge is 0.255 e. The van der Waals surface area contributed by atoms with Crippen LogP contribution in [0.1, 0.15) is 17.3 Å². The fourth-order valence-electron chi connectivity index (χ4n) is 1.98. The van der Waals surface area contributed by atoms with Crippen LogP contribution in [0.4, 0.5) is 0 Å². The lowest BCUT2D eigenvalue weighted by molar-refractivity contribution is 0.00353. The molecule has 0 aromatic heterocycles. The molecule has 0 aliphatic carbocycles. The zero-order chi connectivity index (χ0) is 13.1. The van der Waals surface area contributed by atoms with Gasteiger partial charge in [-0.2, -0.15) is 0 Å². The average Bonchev–Trinajstić information content (AvgIpc) is 2.39. The Hall–Kier alpha value is -1.07. The Morgan fingerprint density at radius 3 is 3.00 bits per heavy atom. The van der Waals surface area contributed by atoms with Crippen LogP contribution in [0.2, 0.25) is 0 Å². The SMILES string of the molecule is COc1ccc(Br)c(C(=O)N2CCOCC2C)c1. The summed E-state index contributed by atoms with van der Waals surface area (Å²) >= 11 is 3.41. The summed E-state index contributed by atoms with van der Waals surface area (Å²) in [6, 6.07) is 5.51. The lowest BCUT2D eigenvalue weighted by Crippen LogP contribution is -2.47.